The van der Waals surface area contributed by atoms with Gasteiger partial charge in [-0.25, -0.2) is 0 Å². The van der Waals surface area contributed by atoms with Crippen LogP contribution in [0.15, 0.2) is 24.5 Å². The van der Waals surface area contributed by atoms with Crippen molar-refractivity contribution < 1.29 is 14.7 Å². The zero-order valence-corrected chi connectivity index (χ0v) is 8.83. The second kappa shape index (κ2) is 3.92. The number of aromatic nitrogens is 1. The summed E-state index contributed by atoms with van der Waals surface area (Å²) in [6.07, 6.45) is 3.27. The van der Waals surface area contributed by atoms with Gasteiger partial charge in [0.15, 0.2) is 0 Å². The molecule has 84 valence electrons. The minimum absolute atomic E-state index is 0.0683. The highest BCUT2D eigenvalue weighted by atomic mass is 16.4. The molecule has 2 atom stereocenters. The second-order valence-corrected chi connectivity index (χ2v) is 3.88. The predicted octanol–water partition coefficient (Wildman–Crippen LogP) is 0.686. The van der Waals surface area contributed by atoms with Crippen LogP contribution in [0.4, 0.5) is 0 Å². The van der Waals surface area contributed by atoms with Gasteiger partial charge in [0.2, 0.25) is 5.91 Å². The number of carboxylic acids is 1. The van der Waals surface area contributed by atoms with E-state index in [9.17, 15) is 9.59 Å². The van der Waals surface area contributed by atoms with Crippen LogP contribution in [0, 0.1) is 5.92 Å². The third kappa shape index (κ3) is 1.64. The van der Waals surface area contributed by atoms with Gasteiger partial charge in [0.05, 0.1) is 12.0 Å². The van der Waals surface area contributed by atoms with Crippen molar-refractivity contribution in [3.8, 4) is 0 Å². The fraction of sp³-hybridized carbons (Fsp3) is 0.364. The summed E-state index contributed by atoms with van der Waals surface area (Å²) in [5, 5.41) is 9.09. The number of carboxylic acid groups (broad SMARTS) is 1. The van der Waals surface area contributed by atoms with Crippen molar-refractivity contribution in [1.29, 1.82) is 0 Å². The summed E-state index contributed by atoms with van der Waals surface area (Å²) in [5.74, 6) is -1.73. The minimum atomic E-state index is -0.931. The SMILES string of the molecule is CN1C(=O)CC(C(=O)O)C1c1ccncc1. The largest absolute Gasteiger partial charge is 0.481 e. The molecule has 1 saturated heterocycles. The summed E-state index contributed by atoms with van der Waals surface area (Å²) in [7, 11) is 1.64. The lowest BCUT2D eigenvalue weighted by Gasteiger charge is -2.22. The molecular weight excluding hydrogens is 208 g/mol. The first kappa shape index (κ1) is 10.6. The van der Waals surface area contributed by atoms with Gasteiger partial charge in [0.25, 0.3) is 0 Å². The van der Waals surface area contributed by atoms with Gasteiger partial charge in [-0.1, -0.05) is 0 Å². The second-order valence-electron chi connectivity index (χ2n) is 3.88. The number of nitrogens with zero attached hydrogens (tertiary/aromatic N) is 2. The summed E-state index contributed by atoms with van der Waals surface area (Å²) in [6, 6.07) is 3.11. The van der Waals surface area contributed by atoms with Crippen molar-refractivity contribution in [3.63, 3.8) is 0 Å². The number of hydrogen-bond acceptors (Lipinski definition) is 3. The molecule has 0 bridgehead atoms. The van der Waals surface area contributed by atoms with Gasteiger partial charge in [0.1, 0.15) is 0 Å². The number of aliphatic carboxylic acids is 1. The molecule has 0 saturated carbocycles. The number of carbonyl (C=O) groups excluding carboxylic acids is 1. The predicted molar refractivity (Wildman–Crippen MR) is 55.5 cm³/mol. The average Bonchev–Trinajstić information content (AvgIpc) is 2.57. The van der Waals surface area contributed by atoms with Crippen molar-refractivity contribution >= 4 is 11.9 Å². The summed E-state index contributed by atoms with van der Waals surface area (Å²) >= 11 is 0. The molecule has 1 aliphatic rings. The van der Waals surface area contributed by atoms with Crippen LogP contribution in [-0.2, 0) is 9.59 Å². The summed E-state index contributed by atoms with van der Waals surface area (Å²) in [6.45, 7) is 0. The van der Waals surface area contributed by atoms with E-state index in [1.807, 2.05) is 0 Å². The van der Waals surface area contributed by atoms with E-state index in [4.69, 9.17) is 5.11 Å². The van der Waals surface area contributed by atoms with Gasteiger partial charge >= 0.3 is 5.97 Å². The fourth-order valence-corrected chi connectivity index (χ4v) is 2.11. The Balaban J connectivity index is 2.37. The maximum absolute atomic E-state index is 11.5. The number of amides is 1. The highest BCUT2D eigenvalue weighted by Gasteiger charge is 2.42. The summed E-state index contributed by atoms with van der Waals surface area (Å²) in [5.41, 5.74) is 0.816. The van der Waals surface area contributed by atoms with Crippen molar-refractivity contribution in [2.75, 3.05) is 7.05 Å². The molecule has 2 heterocycles. The van der Waals surface area contributed by atoms with Gasteiger partial charge in [0, 0.05) is 25.9 Å². The Kier molecular flexibility index (Phi) is 2.60. The molecule has 1 amide bonds. The van der Waals surface area contributed by atoms with Crippen molar-refractivity contribution in [1.82, 2.24) is 9.88 Å². The number of hydrogen-bond donors (Lipinski definition) is 1. The van der Waals surface area contributed by atoms with Crippen molar-refractivity contribution in [2.24, 2.45) is 5.92 Å². The number of rotatable bonds is 2. The minimum Gasteiger partial charge on any atom is -0.481 e. The van der Waals surface area contributed by atoms with Crippen LogP contribution in [-0.4, -0.2) is 33.9 Å². The van der Waals surface area contributed by atoms with Crippen LogP contribution in [0.5, 0.6) is 0 Å². The first-order chi connectivity index (χ1) is 7.61. The summed E-state index contributed by atoms with van der Waals surface area (Å²) < 4.78 is 0. The average molecular weight is 220 g/mol. The molecule has 1 aromatic heterocycles. The van der Waals surface area contributed by atoms with Gasteiger partial charge in [-0.3, -0.25) is 14.6 Å². The molecule has 2 rings (SSSR count). The Morgan fingerprint density at radius 2 is 2.12 bits per heavy atom. The van der Waals surface area contributed by atoms with E-state index < -0.39 is 11.9 Å². The Hall–Kier alpha value is -1.91. The molecule has 2 unspecified atom stereocenters. The highest BCUT2D eigenvalue weighted by molar-refractivity contribution is 5.87. The molecule has 1 N–H and O–H groups in total. The van der Waals surface area contributed by atoms with Gasteiger partial charge in [-0.2, -0.15) is 0 Å². The monoisotopic (exact) mass is 220 g/mol. The Morgan fingerprint density at radius 1 is 1.50 bits per heavy atom. The van der Waals surface area contributed by atoms with Crippen molar-refractivity contribution in [2.45, 2.75) is 12.5 Å². The van der Waals surface area contributed by atoms with Gasteiger partial charge in [-0.05, 0) is 17.7 Å². The van der Waals surface area contributed by atoms with Crippen LogP contribution in [0.25, 0.3) is 0 Å². The van der Waals surface area contributed by atoms with Crippen LogP contribution in [0.2, 0.25) is 0 Å². The van der Waals surface area contributed by atoms with Crippen LogP contribution in [0.3, 0.4) is 0 Å². The van der Waals surface area contributed by atoms with Crippen LogP contribution in [0.1, 0.15) is 18.0 Å². The van der Waals surface area contributed by atoms with E-state index in [0.717, 1.165) is 5.56 Å². The van der Waals surface area contributed by atoms with Gasteiger partial charge in [-0.15, -0.1) is 0 Å². The molecule has 1 fully saturated rings. The lowest BCUT2D eigenvalue weighted by molar-refractivity contribution is -0.142. The zero-order valence-electron chi connectivity index (χ0n) is 8.83. The quantitative estimate of drug-likeness (QED) is 0.795. The van der Waals surface area contributed by atoms with Gasteiger partial charge < -0.3 is 10.0 Å². The fourth-order valence-electron chi connectivity index (χ4n) is 2.11. The molecule has 5 heteroatoms. The standard InChI is InChI=1S/C11H12N2O3/c1-13-9(14)6-8(11(15)16)10(13)7-2-4-12-5-3-7/h2-5,8,10H,6H2,1H3,(H,15,16). The van der Waals surface area contributed by atoms with Crippen LogP contribution >= 0.6 is 0 Å². The molecular formula is C11H12N2O3. The van der Waals surface area contributed by atoms with E-state index in [-0.39, 0.29) is 18.4 Å². The lowest BCUT2D eigenvalue weighted by Crippen LogP contribution is -2.26. The molecule has 16 heavy (non-hydrogen) atoms. The third-order valence-corrected chi connectivity index (χ3v) is 2.95. The summed E-state index contributed by atoms with van der Waals surface area (Å²) in [4.78, 5) is 28.0. The first-order valence-electron chi connectivity index (χ1n) is 4.99. The third-order valence-electron chi connectivity index (χ3n) is 2.95. The van der Waals surface area contributed by atoms with E-state index in [1.165, 1.54) is 4.90 Å². The molecule has 0 spiro atoms. The highest BCUT2D eigenvalue weighted by Crippen LogP contribution is 2.36. The van der Waals surface area contributed by atoms with E-state index in [0.29, 0.717) is 0 Å². The van der Waals surface area contributed by atoms with E-state index in [1.54, 1.807) is 31.6 Å². The smallest absolute Gasteiger partial charge is 0.309 e. The lowest BCUT2D eigenvalue weighted by atomic mass is 9.95. The molecule has 0 aromatic carbocycles. The normalized spacial score (nSPS) is 24.8. The maximum Gasteiger partial charge on any atom is 0.309 e. The Labute approximate surface area is 92.7 Å². The zero-order chi connectivity index (χ0) is 11.7. The first-order valence-corrected chi connectivity index (χ1v) is 4.99. The molecule has 1 aromatic rings. The van der Waals surface area contributed by atoms with E-state index in [2.05, 4.69) is 4.98 Å². The maximum atomic E-state index is 11.5. The molecule has 0 aliphatic carbocycles. The number of carbonyl (C=O) groups is 2. The molecule has 0 radical (unpaired) electrons. The Morgan fingerprint density at radius 3 is 2.69 bits per heavy atom. The van der Waals surface area contributed by atoms with Crippen LogP contribution < -0.4 is 0 Å². The van der Waals surface area contributed by atoms with Crippen molar-refractivity contribution in [3.05, 3.63) is 30.1 Å². The van der Waals surface area contributed by atoms with E-state index >= 15 is 0 Å². The molecule has 5 nitrogen and oxygen atoms in total. The number of pyridine rings is 1. The Bertz CT molecular complexity index is 418. The number of likely N-dealkylation sites (tertiary alicyclic amines) is 1. The topological polar surface area (TPSA) is 70.5 Å². The molecule has 1 aliphatic heterocycles.